The summed E-state index contributed by atoms with van der Waals surface area (Å²) < 4.78 is 10.7. The van der Waals surface area contributed by atoms with E-state index in [-0.39, 0.29) is 6.79 Å². The average molecular weight is 277 g/mol. The smallest absolute Gasteiger partial charge is 0.231 e. The number of phenols is 1. The Kier molecular flexibility index (Phi) is 3.50. The molecular formula is C16H23NO3. The van der Waals surface area contributed by atoms with E-state index >= 15 is 0 Å². The summed E-state index contributed by atoms with van der Waals surface area (Å²) >= 11 is 0. The fourth-order valence-electron chi connectivity index (χ4n) is 3.36. The van der Waals surface area contributed by atoms with Crippen LogP contribution in [0.2, 0.25) is 0 Å². The number of hydrogen-bond donors (Lipinski definition) is 1. The highest BCUT2D eigenvalue weighted by molar-refractivity contribution is 5.51. The molecule has 1 aromatic rings. The van der Waals surface area contributed by atoms with Crippen molar-refractivity contribution >= 4 is 0 Å². The van der Waals surface area contributed by atoms with E-state index in [9.17, 15) is 5.11 Å². The van der Waals surface area contributed by atoms with Gasteiger partial charge in [0.15, 0.2) is 11.5 Å². The van der Waals surface area contributed by atoms with Gasteiger partial charge in [-0.15, -0.1) is 0 Å². The average Bonchev–Trinajstić information content (AvgIpc) is 2.82. The Labute approximate surface area is 120 Å². The maximum absolute atomic E-state index is 10.2. The van der Waals surface area contributed by atoms with Crippen molar-refractivity contribution < 1.29 is 14.6 Å². The van der Waals surface area contributed by atoms with Crippen molar-refractivity contribution in [3.05, 3.63) is 17.7 Å². The quantitative estimate of drug-likeness (QED) is 0.902. The zero-order chi connectivity index (χ0) is 14.3. The number of likely N-dealkylation sites (tertiary alicyclic amines) is 1. The fraction of sp³-hybridized carbons (Fsp3) is 0.625. The molecule has 2 aliphatic rings. The Morgan fingerprint density at radius 2 is 1.90 bits per heavy atom. The maximum Gasteiger partial charge on any atom is 0.231 e. The predicted molar refractivity (Wildman–Crippen MR) is 77.0 cm³/mol. The third-order valence-corrected chi connectivity index (χ3v) is 4.67. The topological polar surface area (TPSA) is 41.9 Å². The molecule has 3 unspecified atom stereocenters. The first kappa shape index (κ1) is 13.6. The number of fused-ring (bicyclic) bond motifs is 1. The van der Waals surface area contributed by atoms with Crippen LogP contribution in [0.4, 0.5) is 0 Å². The van der Waals surface area contributed by atoms with Gasteiger partial charge in [-0.3, -0.25) is 4.90 Å². The van der Waals surface area contributed by atoms with Gasteiger partial charge >= 0.3 is 0 Å². The highest BCUT2D eigenvalue weighted by Crippen LogP contribution is 2.39. The number of nitrogens with zero attached hydrogens (tertiary/aromatic N) is 1. The molecule has 0 radical (unpaired) electrons. The molecule has 1 aromatic carbocycles. The SMILES string of the molecule is CC1CC(C)C(C)N(Cc2cc3c(cc2O)OCO3)C1. The molecule has 0 aliphatic carbocycles. The summed E-state index contributed by atoms with van der Waals surface area (Å²) in [6, 6.07) is 4.11. The second kappa shape index (κ2) is 5.17. The second-order valence-corrected chi connectivity index (χ2v) is 6.32. The van der Waals surface area contributed by atoms with Gasteiger partial charge in [-0.1, -0.05) is 13.8 Å². The third kappa shape index (κ3) is 2.44. The molecule has 4 heteroatoms. The van der Waals surface area contributed by atoms with Gasteiger partial charge in [-0.2, -0.15) is 0 Å². The van der Waals surface area contributed by atoms with Gasteiger partial charge < -0.3 is 14.6 Å². The molecule has 0 spiro atoms. The first-order valence-corrected chi connectivity index (χ1v) is 7.40. The van der Waals surface area contributed by atoms with Gasteiger partial charge in [-0.25, -0.2) is 0 Å². The lowest BCUT2D eigenvalue weighted by molar-refractivity contribution is 0.0722. The van der Waals surface area contributed by atoms with Gasteiger partial charge in [0.25, 0.3) is 0 Å². The molecule has 110 valence electrons. The Hall–Kier alpha value is -1.42. The number of piperidine rings is 1. The Morgan fingerprint density at radius 1 is 1.20 bits per heavy atom. The van der Waals surface area contributed by atoms with Crippen LogP contribution in [0.5, 0.6) is 17.2 Å². The molecule has 0 amide bonds. The number of rotatable bonds is 2. The Balaban J connectivity index is 1.80. The van der Waals surface area contributed by atoms with E-state index < -0.39 is 0 Å². The van der Waals surface area contributed by atoms with Crippen molar-refractivity contribution in [2.75, 3.05) is 13.3 Å². The first-order valence-electron chi connectivity index (χ1n) is 7.40. The number of benzene rings is 1. The minimum Gasteiger partial charge on any atom is -0.507 e. The lowest BCUT2D eigenvalue weighted by atomic mass is 9.85. The molecule has 2 heterocycles. The van der Waals surface area contributed by atoms with Crippen molar-refractivity contribution in [2.45, 2.75) is 39.8 Å². The van der Waals surface area contributed by atoms with Crippen molar-refractivity contribution in [3.8, 4) is 17.2 Å². The van der Waals surface area contributed by atoms with Crippen LogP contribution in [0, 0.1) is 11.8 Å². The third-order valence-electron chi connectivity index (χ3n) is 4.67. The number of phenolic OH excluding ortho intramolecular Hbond substituents is 1. The summed E-state index contributed by atoms with van der Waals surface area (Å²) in [6.45, 7) is 8.98. The fourth-order valence-corrected chi connectivity index (χ4v) is 3.36. The molecule has 2 aliphatic heterocycles. The van der Waals surface area contributed by atoms with Gasteiger partial charge in [0, 0.05) is 30.8 Å². The van der Waals surface area contributed by atoms with Gasteiger partial charge in [0.1, 0.15) is 5.75 Å². The van der Waals surface area contributed by atoms with Crippen molar-refractivity contribution in [2.24, 2.45) is 11.8 Å². The molecule has 1 saturated heterocycles. The van der Waals surface area contributed by atoms with Gasteiger partial charge in [0.05, 0.1) is 0 Å². The van der Waals surface area contributed by atoms with Crippen LogP contribution in [0.25, 0.3) is 0 Å². The van der Waals surface area contributed by atoms with E-state index in [1.807, 2.05) is 6.07 Å². The van der Waals surface area contributed by atoms with Crippen LogP contribution in [-0.4, -0.2) is 29.4 Å². The van der Waals surface area contributed by atoms with E-state index in [2.05, 4.69) is 25.7 Å². The standard InChI is InChI=1S/C16H23NO3/c1-10-4-11(2)12(3)17(7-10)8-13-5-15-16(6-14(13)18)20-9-19-15/h5-6,10-12,18H,4,7-9H2,1-3H3. The molecule has 0 aromatic heterocycles. The van der Waals surface area contributed by atoms with E-state index in [1.165, 1.54) is 6.42 Å². The highest BCUT2D eigenvalue weighted by atomic mass is 16.7. The van der Waals surface area contributed by atoms with Crippen LogP contribution in [-0.2, 0) is 6.54 Å². The number of ether oxygens (including phenoxy) is 2. The predicted octanol–water partition coefficient (Wildman–Crippen LogP) is 2.99. The minimum atomic E-state index is 0.242. The van der Waals surface area contributed by atoms with Crippen molar-refractivity contribution in [1.82, 2.24) is 4.90 Å². The van der Waals surface area contributed by atoms with Crippen molar-refractivity contribution in [1.29, 1.82) is 0 Å². The van der Waals surface area contributed by atoms with Crippen molar-refractivity contribution in [3.63, 3.8) is 0 Å². The molecule has 4 nitrogen and oxygen atoms in total. The molecule has 1 N–H and O–H groups in total. The van der Waals surface area contributed by atoms with E-state index in [0.29, 0.717) is 29.4 Å². The largest absolute Gasteiger partial charge is 0.507 e. The van der Waals surface area contributed by atoms with Crippen LogP contribution in [0.15, 0.2) is 12.1 Å². The maximum atomic E-state index is 10.2. The number of aromatic hydroxyl groups is 1. The van der Waals surface area contributed by atoms with Crippen LogP contribution >= 0.6 is 0 Å². The zero-order valence-corrected chi connectivity index (χ0v) is 12.4. The monoisotopic (exact) mass is 277 g/mol. The summed E-state index contributed by atoms with van der Waals surface area (Å²) in [5.74, 6) is 3.07. The summed E-state index contributed by atoms with van der Waals surface area (Å²) in [6.07, 6.45) is 1.28. The Morgan fingerprint density at radius 3 is 2.65 bits per heavy atom. The second-order valence-electron chi connectivity index (χ2n) is 6.32. The molecule has 0 saturated carbocycles. The highest BCUT2D eigenvalue weighted by Gasteiger charge is 2.29. The zero-order valence-electron chi connectivity index (χ0n) is 12.4. The van der Waals surface area contributed by atoms with Crippen LogP contribution in [0.3, 0.4) is 0 Å². The number of hydrogen-bond acceptors (Lipinski definition) is 4. The molecule has 3 rings (SSSR count). The van der Waals surface area contributed by atoms with Crippen LogP contribution in [0.1, 0.15) is 32.8 Å². The lowest BCUT2D eigenvalue weighted by Gasteiger charge is -2.41. The van der Waals surface area contributed by atoms with E-state index in [4.69, 9.17) is 9.47 Å². The summed E-state index contributed by atoms with van der Waals surface area (Å²) in [7, 11) is 0. The molecule has 3 atom stereocenters. The molecule has 20 heavy (non-hydrogen) atoms. The summed E-state index contributed by atoms with van der Waals surface area (Å²) in [4.78, 5) is 2.45. The summed E-state index contributed by atoms with van der Waals surface area (Å²) in [5.41, 5.74) is 0.919. The minimum absolute atomic E-state index is 0.242. The molecular weight excluding hydrogens is 254 g/mol. The van der Waals surface area contributed by atoms with Gasteiger partial charge in [0.2, 0.25) is 6.79 Å². The molecule has 1 fully saturated rings. The first-order chi connectivity index (χ1) is 9.54. The summed E-state index contributed by atoms with van der Waals surface area (Å²) in [5, 5.41) is 10.2. The lowest BCUT2D eigenvalue weighted by Crippen LogP contribution is -2.45. The van der Waals surface area contributed by atoms with Gasteiger partial charge in [-0.05, 0) is 31.2 Å². The van der Waals surface area contributed by atoms with E-state index in [1.54, 1.807) is 6.07 Å². The van der Waals surface area contributed by atoms with E-state index in [0.717, 1.165) is 24.4 Å². The van der Waals surface area contributed by atoms with Crippen LogP contribution < -0.4 is 9.47 Å². The molecule has 0 bridgehead atoms. The Bertz CT molecular complexity index is 503. The normalized spacial score (nSPS) is 29.6.